The fraction of sp³-hybridized carbons (Fsp3) is 0.158. The summed E-state index contributed by atoms with van der Waals surface area (Å²) in [5.41, 5.74) is 2.59. The molecule has 0 saturated carbocycles. The zero-order chi connectivity index (χ0) is 17.4. The van der Waals surface area contributed by atoms with Crippen molar-refractivity contribution in [2.75, 3.05) is 18.6 Å². The Morgan fingerprint density at radius 2 is 2.12 bits per heavy atom. The van der Waals surface area contributed by atoms with Gasteiger partial charge in [0.2, 0.25) is 0 Å². The number of carbonyl (C=O) groups is 1. The Labute approximate surface area is 154 Å². The maximum Gasteiger partial charge on any atom is 0.268 e. The molecule has 0 bridgehead atoms. The molecule has 1 aromatic carbocycles. The molecular formula is C19H15ClN2O2S. The van der Waals surface area contributed by atoms with E-state index < -0.39 is 0 Å². The van der Waals surface area contributed by atoms with Gasteiger partial charge in [-0.3, -0.25) is 9.78 Å². The maximum atomic E-state index is 12.9. The van der Waals surface area contributed by atoms with E-state index >= 15 is 0 Å². The van der Waals surface area contributed by atoms with E-state index in [-0.39, 0.29) is 5.91 Å². The van der Waals surface area contributed by atoms with Crippen molar-refractivity contribution in [3.8, 4) is 16.3 Å². The van der Waals surface area contributed by atoms with Crippen LogP contribution in [0.4, 0.5) is 5.69 Å². The van der Waals surface area contributed by atoms with E-state index in [1.165, 1.54) is 11.3 Å². The van der Waals surface area contributed by atoms with Crippen LogP contribution in [0.15, 0.2) is 48.7 Å². The monoisotopic (exact) mass is 370 g/mol. The highest BCUT2D eigenvalue weighted by molar-refractivity contribution is 7.17. The first-order valence-electron chi connectivity index (χ1n) is 7.88. The highest BCUT2D eigenvalue weighted by Crippen LogP contribution is 2.39. The summed E-state index contributed by atoms with van der Waals surface area (Å²) in [6, 6.07) is 13.0. The highest BCUT2D eigenvalue weighted by atomic mass is 35.5. The Kier molecular flexibility index (Phi) is 4.19. The maximum absolute atomic E-state index is 12.9. The first kappa shape index (κ1) is 16.1. The quantitative estimate of drug-likeness (QED) is 0.658. The third-order valence-electron chi connectivity index (χ3n) is 4.15. The largest absolute Gasteiger partial charge is 0.491 e. The third kappa shape index (κ3) is 2.90. The molecule has 2 aromatic heterocycles. The number of aromatic nitrogens is 1. The molecule has 0 spiro atoms. The second-order valence-electron chi connectivity index (χ2n) is 5.73. The molecule has 0 fully saturated rings. The van der Waals surface area contributed by atoms with Crippen molar-refractivity contribution in [3.05, 3.63) is 64.1 Å². The average molecular weight is 371 g/mol. The molecule has 4 rings (SSSR count). The summed E-state index contributed by atoms with van der Waals surface area (Å²) in [6.07, 6.45) is 2.50. The van der Waals surface area contributed by atoms with Crippen LogP contribution in [-0.4, -0.2) is 24.5 Å². The third-order valence-corrected chi connectivity index (χ3v) is 5.64. The second kappa shape index (κ2) is 6.50. The number of hydrogen-bond donors (Lipinski definition) is 0. The van der Waals surface area contributed by atoms with Crippen molar-refractivity contribution in [2.24, 2.45) is 0 Å². The van der Waals surface area contributed by atoms with Gasteiger partial charge in [0, 0.05) is 19.7 Å². The van der Waals surface area contributed by atoms with Crippen LogP contribution in [0.1, 0.15) is 15.2 Å². The zero-order valence-electron chi connectivity index (χ0n) is 13.5. The van der Waals surface area contributed by atoms with Gasteiger partial charge < -0.3 is 9.64 Å². The van der Waals surface area contributed by atoms with E-state index in [1.54, 1.807) is 24.2 Å². The molecule has 25 heavy (non-hydrogen) atoms. The van der Waals surface area contributed by atoms with Crippen LogP contribution in [0, 0.1) is 0 Å². The molecule has 0 N–H and O–H groups in total. The number of rotatable bonds is 2. The molecule has 0 radical (unpaired) electrons. The number of ether oxygens (including phenoxy) is 1. The van der Waals surface area contributed by atoms with E-state index in [1.807, 2.05) is 36.4 Å². The lowest BCUT2D eigenvalue weighted by molar-refractivity contribution is 0.0997. The van der Waals surface area contributed by atoms with Crippen LogP contribution in [0.2, 0.25) is 5.02 Å². The minimum Gasteiger partial charge on any atom is -0.491 e. The predicted molar refractivity (Wildman–Crippen MR) is 101 cm³/mol. The molecule has 0 atom stereocenters. The zero-order valence-corrected chi connectivity index (χ0v) is 15.1. The standard InChI is InChI=1S/C19H15ClN2O2S/c1-22(14-6-3-2-5-13(14)20)19(23)16-11-12-8-10-24-15-7-4-9-21-17(15)18(12)25-16/h2-7,9,11H,8,10H2,1H3. The molecule has 4 nitrogen and oxygen atoms in total. The van der Waals surface area contributed by atoms with Gasteiger partial charge >= 0.3 is 0 Å². The minimum absolute atomic E-state index is 0.0791. The number of benzene rings is 1. The summed E-state index contributed by atoms with van der Waals surface area (Å²) in [7, 11) is 1.74. The summed E-state index contributed by atoms with van der Waals surface area (Å²) >= 11 is 7.67. The van der Waals surface area contributed by atoms with E-state index in [2.05, 4.69) is 4.98 Å². The number of thiophene rings is 1. The number of halogens is 1. The van der Waals surface area contributed by atoms with Crippen molar-refractivity contribution in [2.45, 2.75) is 6.42 Å². The van der Waals surface area contributed by atoms with Gasteiger partial charge in [-0.15, -0.1) is 11.3 Å². The van der Waals surface area contributed by atoms with E-state index in [9.17, 15) is 4.79 Å². The molecule has 3 heterocycles. The highest BCUT2D eigenvalue weighted by Gasteiger charge is 2.24. The van der Waals surface area contributed by atoms with Crippen molar-refractivity contribution in [3.63, 3.8) is 0 Å². The van der Waals surface area contributed by atoms with Crippen molar-refractivity contribution < 1.29 is 9.53 Å². The van der Waals surface area contributed by atoms with Crippen LogP contribution in [0.25, 0.3) is 10.6 Å². The molecular weight excluding hydrogens is 356 g/mol. The van der Waals surface area contributed by atoms with Crippen LogP contribution in [-0.2, 0) is 6.42 Å². The van der Waals surface area contributed by atoms with Gasteiger partial charge in [0.05, 0.1) is 27.1 Å². The molecule has 0 saturated heterocycles. The topological polar surface area (TPSA) is 42.4 Å². The van der Waals surface area contributed by atoms with Crippen LogP contribution in [0.5, 0.6) is 5.75 Å². The summed E-state index contributed by atoms with van der Waals surface area (Å²) < 4.78 is 5.75. The summed E-state index contributed by atoms with van der Waals surface area (Å²) in [6.45, 7) is 0.580. The fourth-order valence-corrected chi connectivity index (χ4v) is 4.32. The molecule has 1 amide bonds. The van der Waals surface area contributed by atoms with Gasteiger partial charge in [-0.25, -0.2) is 0 Å². The lowest BCUT2D eigenvalue weighted by Crippen LogP contribution is -2.25. The van der Waals surface area contributed by atoms with E-state index in [0.29, 0.717) is 22.2 Å². The van der Waals surface area contributed by atoms with E-state index in [0.717, 1.165) is 28.3 Å². The smallest absolute Gasteiger partial charge is 0.268 e. The summed E-state index contributed by atoms with van der Waals surface area (Å²) in [4.78, 5) is 20.7. The molecule has 126 valence electrons. The van der Waals surface area contributed by atoms with Crippen LogP contribution in [0.3, 0.4) is 0 Å². The Morgan fingerprint density at radius 3 is 2.96 bits per heavy atom. The number of amides is 1. The Bertz CT molecular complexity index is 954. The first-order valence-corrected chi connectivity index (χ1v) is 9.08. The predicted octanol–water partition coefficient (Wildman–Crippen LogP) is 4.68. The van der Waals surface area contributed by atoms with Crippen molar-refractivity contribution in [1.82, 2.24) is 4.98 Å². The minimum atomic E-state index is -0.0791. The molecule has 3 aromatic rings. The normalized spacial score (nSPS) is 12.6. The van der Waals surface area contributed by atoms with Gasteiger partial charge in [0.25, 0.3) is 5.91 Å². The molecule has 1 aliphatic heterocycles. The van der Waals surface area contributed by atoms with E-state index in [4.69, 9.17) is 16.3 Å². The summed E-state index contributed by atoms with van der Waals surface area (Å²) in [5, 5.41) is 0.553. The lowest BCUT2D eigenvalue weighted by atomic mass is 10.1. The Hall–Kier alpha value is -2.37. The number of hydrogen-bond acceptors (Lipinski definition) is 4. The van der Waals surface area contributed by atoms with Crippen molar-refractivity contribution >= 4 is 34.5 Å². The van der Waals surface area contributed by atoms with Gasteiger partial charge in [0.1, 0.15) is 11.4 Å². The fourth-order valence-electron chi connectivity index (χ4n) is 2.87. The number of carbonyl (C=O) groups excluding carboxylic acids is 1. The van der Waals surface area contributed by atoms with Crippen molar-refractivity contribution in [1.29, 1.82) is 0 Å². The van der Waals surface area contributed by atoms with Crippen LogP contribution >= 0.6 is 22.9 Å². The molecule has 0 aliphatic carbocycles. The molecule has 0 unspecified atom stereocenters. The molecule has 1 aliphatic rings. The van der Waals surface area contributed by atoms with Gasteiger partial charge in [-0.05, 0) is 35.9 Å². The SMILES string of the molecule is CN(C(=O)c1cc2c(s1)-c1ncccc1OCC2)c1ccccc1Cl. The average Bonchev–Trinajstić information content (AvgIpc) is 2.98. The number of pyridine rings is 1. The lowest BCUT2D eigenvalue weighted by Gasteiger charge is -2.17. The number of fused-ring (bicyclic) bond motifs is 3. The van der Waals surface area contributed by atoms with Crippen LogP contribution < -0.4 is 9.64 Å². The number of para-hydroxylation sites is 1. The second-order valence-corrected chi connectivity index (χ2v) is 7.19. The van der Waals surface area contributed by atoms with Gasteiger partial charge in [0.15, 0.2) is 0 Å². The Balaban J connectivity index is 1.73. The van der Waals surface area contributed by atoms with Gasteiger partial charge in [-0.2, -0.15) is 0 Å². The Morgan fingerprint density at radius 1 is 1.28 bits per heavy atom. The number of anilines is 1. The van der Waals surface area contributed by atoms with Gasteiger partial charge in [-0.1, -0.05) is 23.7 Å². The summed E-state index contributed by atoms with van der Waals surface area (Å²) in [5.74, 6) is 0.686. The molecule has 6 heteroatoms. The number of nitrogens with zero attached hydrogens (tertiary/aromatic N) is 2. The first-order chi connectivity index (χ1) is 12.1.